The lowest BCUT2D eigenvalue weighted by Gasteiger charge is -2.23. The minimum atomic E-state index is -0.140. The molecule has 1 heterocycles. The van der Waals surface area contributed by atoms with Gasteiger partial charge in [0.15, 0.2) is 0 Å². The number of H-pyrrole nitrogens is 1. The highest BCUT2D eigenvalue weighted by Crippen LogP contribution is 2.14. The maximum Gasteiger partial charge on any atom is 0.252 e. The Balaban J connectivity index is 2.23. The Bertz CT molecular complexity index is 594. The van der Waals surface area contributed by atoms with Gasteiger partial charge in [-0.3, -0.25) is 4.79 Å². The lowest BCUT2D eigenvalue weighted by Crippen LogP contribution is -2.26. The van der Waals surface area contributed by atoms with Crippen LogP contribution >= 0.6 is 0 Å². The summed E-state index contributed by atoms with van der Waals surface area (Å²) >= 11 is 0. The number of anilines is 2. The van der Waals surface area contributed by atoms with E-state index in [9.17, 15) is 4.79 Å². The van der Waals surface area contributed by atoms with E-state index in [1.165, 1.54) is 12.4 Å². The molecule has 0 aliphatic carbocycles. The Morgan fingerprint density at radius 3 is 2.89 bits per heavy atom. The van der Waals surface area contributed by atoms with Crippen LogP contribution in [0.3, 0.4) is 0 Å². The van der Waals surface area contributed by atoms with E-state index in [4.69, 9.17) is 5.73 Å². The molecule has 1 aromatic heterocycles. The first kappa shape index (κ1) is 13.1. The standard InChI is InChI=1S/C14H18N4O/c1-2-6-18(13-8-14(19)17-10-16-13)9-11-4-3-5-12(15)7-11/h3-5,7-8,10H,2,6,9,15H2,1H3,(H,16,17,19). The molecular weight excluding hydrogens is 240 g/mol. The number of nitrogen functional groups attached to an aromatic ring is 1. The van der Waals surface area contributed by atoms with Crippen LogP contribution in [0.2, 0.25) is 0 Å². The molecular formula is C14H18N4O. The molecule has 0 atom stereocenters. The van der Waals surface area contributed by atoms with Crippen molar-refractivity contribution >= 4 is 11.5 Å². The van der Waals surface area contributed by atoms with Crippen LogP contribution in [-0.4, -0.2) is 16.5 Å². The number of rotatable bonds is 5. The van der Waals surface area contributed by atoms with Gasteiger partial charge in [0.1, 0.15) is 5.82 Å². The molecule has 0 aliphatic rings. The quantitative estimate of drug-likeness (QED) is 0.801. The molecule has 5 heteroatoms. The zero-order valence-corrected chi connectivity index (χ0v) is 11.0. The summed E-state index contributed by atoms with van der Waals surface area (Å²) in [5.74, 6) is 0.688. The Kier molecular flexibility index (Phi) is 4.18. The van der Waals surface area contributed by atoms with Gasteiger partial charge in [0, 0.05) is 24.8 Å². The predicted molar refractivity (Wildman–Crippen MR) is 77.1 cm³/mol. The van der Waals surface area contributed by atoms with E-state index in [0.717, 1.165) is 24.2 Å². The van der Waals surface area contributed by atoms with Crippen molar-refractivity contribution in [3.05, 3.63) is 52.6 Å². The number of aromatic amines is 1. The summed E-state index contributed by atoms with van der Waals surface area (Å²) in [5.41, 5.74) is 7.49. The number of nitrogens with one attached hydrogen (secondary N) is 1. The summed E-state index contributed by atoms with van der Waals surface area (Å²) < 4.78 is 0. The van der Waals surface area contributed by atoms with Crippen molar-refractivity contribution < 1.29 is 0 Å². The van der Waals surface area contributed by atoms with Crippen LogP contribution in [0.1, 0.15) is 18.9 Å². The fraction of sp³-hybridized carbons (Fsp3) is 0.286. The van der Waals surface area contributed by atoms with Gasteiger partial charge in [0.2, 0.25) is 0 Å². The molecule has 0 bridgehead atoms. The van der Waals surface area contributed by atoms with Crippen LogP contribution in [-0.2, 0) is 6.54 Å². The van der Waals surface area contributed by atoms with Crippen molar-refractivity contribution in [3.63, 3.8) is 0 Å². The minimum absolute atomic E-state index is 0.140. The Labute approximate surface area is 112 Å². The van der Waals surface area contributed by atoms with Crippen LogP contribution in [0.25, 0.3) is 0 Å². The summed E-state index contributed by atoms with van der Waals surface area (Å²) in [6, 6.07) is 9.27. The van der Waals surface area contributed by atoms with Crippen LogP contribution in [0, 0.1) is 0 Å². The highest BCUT2D eigenvalue weighted by Gasteiger charge is 2.08. The molecule has 3 N–H and O–H groups in total. The highest BCUT2D eigenvalue weighted by atomic mass is 16.1. The van der Waals surface area contributed by atoms with Gasteiger partial charge in [-0.05, 0) is 24.1 Å². The zero-order chi connectivity index (χ0) is 13.7. The van der Waals surface area contributed by atoms with E-state index in [1.807, 2.05) is 24.3 Å². The number of hydrogen-bond donors (Lipinski definition) is 2. The molecule has 5 nitrogen and oxygen atoms in total. The molecule has 0 unspecified atom stereocenters. The van der Waals surface area contributed by atoms with E-state index < -0.39 is 0 Å². The van der Waals surface area contributed by atoms with E-state index in [-0.39, 0.29) is 5.56 Å². The van der Waals surface area contributed by atoms with E-state index in [2.05, 4.69) is 21.8 Å². The molecule has 0 saturated heterocycles. The molecule has 100 valence electrons. The summed E-state index contributed by atoms with van der Waals surface area (Å²) in [4.78, 5) is 20.2. The normalized spacial score (nSPS) is 10.4. The maximum absolute atomic E-state index is 11.4. The summed E-state index contributed by atoms with van der Waals surface area (Å²) in [6.07, 6.45) is 2.41. The summed E-state index contributed by atoms with van der Waals surface area (Å²) in [5, 5.41) is 0. The smallest absolute Gasteiger partial charge is 0.252 e. The largest absolute Gasteiger partial charge is 0.399 e. The average Bonchev–Trinajstić information content (AvgIpc) is 2.38. The van der Waals surface area contributed by atoms with Crippen molar-refractivity contribution in [1.82, 2.24) is 9.97 Å². The molecule has 2 rings (SSSR count). The first-order valence-corrected chi connectivity index (χ1v) is 6.33. The van der Waals surface area contributed by atoms with Gasteiger partial charge in [0.05, 0.1) is 6.33 Å². The third-order valence-corrected chi connectivity index (χ3v) is 2.81. The SMILES string of the molecule is CCCN(Cc1cccc(N)c1)c1cc(=O)[nH]cn1. The van der Waals surface area contributed by atoms with Gasteiger partial charge >= 0.3 is 0 Å². The second kappa shape index (κ2) is 6.04. The van der Waals surface area contributed by atoms with Crippen LogP contribution < -0.4 is 16.2 Å². The van der Waals surface area contributed by atoms with Crippen molar-refractivity contribution in [2.75, 3.05) is 17.2 Å². The predicted octanol–water partition coefficient (Wildman–Crippen LogP) is 1.77. The van der Waals surface area contributed by atoms with E-state index >= 15 is 0 Å². The second-order valence-corrected chi connectivity index (χ2v) is 4.44. The van der Waals surface area contributed by atoms with Crippen LogP contribution in [0.4, 0.5) is 11.5 Å². The highest BCUT2D eigenvalue weighted by molar-refractivity contribution is 5.43. The minimum Gasteiger partial charge on any atom is -0.399 e. The maximum atomic E-state index is 11.4. The molecule has 0 spiro atoms. The lowest BCUT2D eigenvalue weighted by atomic mass is 10.2. The van der Waals surface area contributed by atoms with Gasteiger partial charge in [-0.15, -0.1) is 0 Å². The Morgan fingerprint density at radius 2 is 2.21 bits per heavy atom. The van der Waals surface area contributed by atoms with E-state index in [1.54, 1.807) is 0 Å². The van der Waals surface area contributed by atoms with Gasteiger partial charge in [-0.1, -0.05) is 19.1 Å². The molecule has 0 radical (unpaired) electrons. The van der Waals surface area contributed by atoms with Crippen molar-refractivity contribution in [2.24, 2.45) is 0 Å². The fourth-order valence-electron chi connectivity index (χ4n) is 1.99. The number of nitrogens with zero attached hydrogens (tertiary/aromatic N) is 2. The van der Waals surface area contributed by atoms with Gasteiger partial charge in [-0.25, -0.2) is 4.98 Å². The van der Waals surface area contributed by atoms with Gasteiger partial charge in [0.25, 0.3) is 5.56 Å². The number of hydrogen-bond acceptors (Lipinski definition) is 4. The van der Waals surface area contributed by atoms with Crippen LogP contribution in [0.15, 0.2) is 41.5 Å². The zero-order valence-electron chi connectivity index (χ0n) is 11.0. The van der Waals surface area contributed by atoms with Crippen molar-refractivity contribution in [3.8, 4) is 0 Å². The summed E-state index contributed by atoms with van der Waals surface area (Å²) in [7, 11) is 0. The number of nitrogens with two attached hydrogens (primary N) is 1. The first-order valence-electron chi connectivity index (χ1n) is 6.33. The number of aromatic nitrogens is 2. The molecule has 1 aromatic carbocycles. The fourth-order valence-corrected chi connectivity index (χ4v) is 1.99. The lowest BCUT2D eigenvalue weighted by molar-refractivity contribution is 0.751. The molecule has 0 fully saturated rings. The third-order valence-electron chi connectivity index (χ3n) is 2.81. The topological polar surface area (TPSA) is 75.0 Å². The molecule has 0 amide bonds. The monoisotopic (exact) mass is 258 g/mol. The molecule has 19 heavy (non-hydrogen) atoms. The third kappa shape index (κ3) is 3.58. The van der Waals surface area contributed by atoms with Crippen LogP contribution in [0.5, 0.6) is 0 Å². The molecule has 2 aromatic rings. The van der Waals surface area contributed by atoms with Crippen molar-refractivity contribution in [1.29, 1.82) is 0 Å². The van der Waals surface area contributed by atoms with Crippen molar-refractivity contribution in [2.45, 2.75) is 19.9 Å². The molecule has 0 saturated carbocycles. The molecule has 0 aliphatic heterocycles. The van der Waals surface area contributed by atoms with Gasteiger partial charge < -0.3 is 15.6 Å². The van der Waals surface area contributed by atoms with Gasteiger partial charge in [-0.2, -0.15) is 0 Å². The first-order chi connectivity index (χ1) is 9.19. The average molecular weight is 258 g/mol. The van der Waals surface area contributed by atoms with E-state index in [0.29, 0.717) is 12.4 Å². The number of benzene rings is 1. The summed E-state index contributed by atoms with van der Waals surface area (Å²) in [6.45, 7) is 3.63. The Morgan fingerprint density at radius 1 is 1.37 bits per heavy atom. The second-order valence-electron chi connectivity index (χ2n) is 4.44. The Hall–Kier alpha value is -2.30.